The molecule has 0 amide bonds. The van der Waals surface area contributed by atoms with Gasteiger partial charge in [0.2, 0.25) is 0 Å². The number of carbonyl (C=O) groups is 1. The van der Waals surface area contributed by atoms with Crippen molar-refractivity contribution in [1.82, 2.24) is 0 Å². The van der Waals surface area contributed by atoms with Crippen LogP contribution in [0, 0.1) is 0 Å². The van der Waals surface area contributed by atoms with Crippen molar-refractivity contribution in [3.05, 3.63) is 0 Å². The third-order valence-electron chi connectivity index (χ3n) is 1.57. The summed E-state index contributed by atoms with van der Waals surface area (Å²) in [6.45, 7) is -2.01. The molecule has 96 valence electrons. The third kappa shape index (κ3) is 5.10. The summed E-state index contributed by atoms with van der Waals surface area (Å²) >= 11 is 0. The molecule has 16 heavy (non-hydrogen) atoms. The smallest absolute Gasteiger partial charge is 0.394 e. The molecule has 0 aromatic heterocycles. The molecule has 0 saturated heterocycles. The number of ketones is 1. The van der Waals surface area contributed by atoms with Crippen LogP contribution in [0.3, 0.4) is 0 Å². The van der Waals surface area contributed by atoms with Gasteiger partial charge in [-0.25, -0.2) is 4.57 Å². The first-order chi connectivity index (χ1) is 7.22. The van der Waals surface area contributed by atoms with Gasteiger partial charge < -0.3 is 30.2 Å². The normalized spacial score (nSPS) is 17.9. The fourth-order valence-corrected chi connectivity index (χ4v) is 1.38. The van der Waals surface area contributed by atoms with Crippen LogP contribution in [0.1, 0.15) is 0 Å². The summed E-state index contributed by atoms with van der Waals surface area (Å²) in [4.78, 5) is 28.1. The van der Waals surface area contributed by atoms with Gasteiger partial charge in [0.15, 0.2) is 11.9 Å². The number of hydrogen-bond donors (Lipinski definition) is 6. The zero-order valence-electron chi connectivity index (χ0n) is 8.00. The zero-order valence-corrected chi connectivity index (χ0v) is 8.90. The van der Waals surface area contributed by atoms with Gasteiger partial charge in [0.05, 0.1) is 13.2 Å². The number of aliphatic hydroxyl groups is 4. The zero-order chi connectivity index (χ0) is 12.9. The summed E-state index contributed by atoms with van der Waals surface area (Å²) in [6, 6.07) is 0. The third-order valence-corrected chi connectivity index (χ3v) is 2.07. The number of carbonyl (C=O) groups excluding carboxylic acids is 1. The minimum atomic E-state index is -5.08. The van der Waals surface area contributed by atoms with Crippen molar-refractivity contribution in [3.63, 3.8) is 0 Å². The van der Waals surface area contributed by atoms with E-state index in [2.05, 4.69) is 4.52 Å². The average molecular weight is 260 g/mol. The molecule has 3 atom stereocenters. The largest absolute Gasteiger partial charge is 0.470 e. The summed E-state index contributed by atoms with van der Waals surface area (Å²) < 4.78 is 14.4. The Labute approximate surface area is 90.2 Å². The van der Waals surface area contributed by atoms with E-state index in [1.807, 2.05) is 0 Å². The molecule has 0 rings (SSSR count). The van der Waals surface area contributed by atoms with E-state index in [-0.39, 0.29) is 0 Å². The van der Waals surface area contributed by atoms with Crippen LogP contribution in [-0.2, 0) is 13.9 Å². The first-order valence-corrected chi connectivity index (χ1v) is 5.61. The van der Waals surface area contributed by atoms with Crippen molar-refractivity contribution in [2.45, 2.75) is 18.3 Å². The maximum Gasteiger partial charge on any atom is 0.470 e. The molecule has 0 aliphatic rings. The van der Waals surface area contributed by atoms with Gasteiger partial charge in [-0.05, 0) is 0 Å². The van der Waals surface area contributed by atoms with E-state index in [0.29, 0.717) is 0 Å². The molecule has 0 radical (unpaired) electrons. The predicted octanol–water partition coefficient (Wildman–Crippen LogP) is -3.26. The minimum Gasteiger partial charge on any atom is -0.394 e. The molecule has 0 aromatic rings. The van der Waals surface area contributed by atoms with Gasteiger partial charge in [-0.2, -0.15) is 0 Å². The van der Waals surface area contributed by atoms with E-state index in [4.69, 9.17) is 30.2 Å². The highest BCUT2D eigenvalue weighted by Crippen LogP contribution is 2.38. The number of Topliss-reactive ketones (excluding diaryl/α,β-unsaturated/α-hetero) is 1. The Hall–Kier alpha value is -0.380. The lowest BCUT2D eigenvalue weighted by atomic mass is 10.1. The summed E-state index contributed by atoms with van der Waals surface area (Å²) in [7, 11) is -5.08. The first-order valence-electron chi connectivity index (χ1n) is 4.08. The van der Waals surface area contributed by atoms with Crippen molar-refractivity contribution >= 4 is 13.6 Å². The van der Waals surface area contributed by atoms with Crippen molar-refractivity contribution in [2.24, 2.45) is 0 Å². The lowest BCUT2D eigenvalue weighted by Crippen LogP contribution is -2.44. The van der Waals surface area contributed by atoms with E-state index in [0.717, 1.165) is 0 Å². The number of aliphatic hydroxyl groups excluding tert-OH is 4. The Morgan fingerprint density at radius 3 is 2.00 bits per heavy atom. The van der Waals surface area contributed by atoms with E-state index in [1.165, 1.54) is 0 Å². The highest BCUT2D eigenvalue weighted by Gasteiger charge is 2.36. The fraction of sp³-hybridized carbons (Fsp3) is 0.833. The van der Waals surface area contributed by atoms with Crippen LogP contribution in [0.5, 0.6) is 0 Å². The van der Waals surface area contributed by atoms with Gasteiger partial charge in [-0.1, -0.05) is 0 Å². The lowest BCUT2D eigenvalue weighted by Gasteiger charge is -2.22. The van der Waals surface area contributed by atoms with Gasteiger partial charge in [0.25, 0.3) is 0 Å². The van der Waals surface area contributed by atoms with Crippen LogP contribution in [-0.4, -0.2) is 67.5 Å². The van der Waals surface area contributed by atoms with Crippen LogP contribution in [0.4, 0.5) is 0 Å². The maximum atomic E-state index is 11.2. The van der Waals surface area contributed by atoms with E-state index >= 15 is 0 Å². The highest BCUT2D eigenvalue weighted by molar-refractivity contribution is 7.46. The Balaban J connectivity index is 4.81. The van der Waals surface area contributed by atoms with Crippen molar-refractivity contribution in [2.75, 3.05) is 13.2 Å². The second-order valence-corrected chi connectivity index (χ2v) is 4.06. The minimum absolute atomic E-state index is 1.00. The standard InChI is InChI=1S/C6H13O9P/c7-1-3(9)5(11)6(4(10)2-8)15-16(12,13)14/h3-4,6-10H,1-2H2,(H2,12,13,14)/t3-,4-,6-/m1/s1. The number of phosphoric ester groups is 1. The predicted molar refractivity (Wildman–Crippen MR) is 48.1 cm³/mol. The monoisotopic (exact) mass is 260 g/mol. The van der Waals surface area contributed by atoms with Crippen molar-refractivity contribution < 1.29 is 44.1 Å². The molecular weight excluding hydrogens is 247 g/mol. The Morgan fingerprint density at radius 1 is 1.19 bits per heavy atom. The summed E-state index contributed by atoms with van der Waals surface area (Å²) in [6.07, 6.45) is -5.99. The molecule has 10 heteroatoms. The van der Waals surface area contributed by atoms with Gasteiger partial charge in [-0.15, -0.1) is 0 Å². The summed E-state index contributed by atoms with van der Waals surface area (Å²) in [5.41, 5.74) is 0. The Kier molecular flexibility index (Phi) is 6.23. The molecule has 0 heterocycles. The van der Waals surface area contributed by atoms with Gasteiger partial charge >= 0.3 is 7.82 Å². The number of hydrogen-bond acceptors (Lipinski definition) is 7. The van der Waals surface area contributed by atoms with Gasteiger partial charge in [0, 0.05) is 0 Å². The average Bonchev–Trinajstić information content (AvgIpc) is 2.21. The van der Waals surface area contributed by atoms with Crippen LogP contribution in [0.15, 0.2) is 0 Å². The molecule has 0 saturated carbocycles. The van der Waals surface area contributed by atoms with Crippen LogP contribution < -0.4 is 0 Å². The SMILES string of the molecule is O=C([C@H](O)CO)[C@H](OP(=O)(O)O)[C@H](O)CO. The molecule has 0 aromatic carbocycles. The second-order valence-electron chi connectivity index (χ2n) is 2.87. The van der Waals surface area contributed by atoms with E-state index < -0.39 is 45.1 Å². The molecule has 0 aliphatic heterocycles. The fourth-order valence-electron chi connectivity index (χ4n) is 0.835. The second kappa shape index (κ2) is 6.38. The van der Waals surface area contributed by atoms with Crippen LogP contribution in [0.25, 0.3) is 0 Å². The summed E-state index contributed by atoms with van der Waals surface area (Å²) in [5.74, 6) is -1.34. The molecule has 0 bridgehead atoms. The first kappa shape index (κ1) is 15.6. The van der Waals surface area contributed by atoms with E-state index in [9.17, 15) is 9.36 Å². The highest BCUT2D eigenvalue weighted by atomic mass is 31.2. The quantitative estimate of drug-likeness (QED) is 0.258. The molecule has 0 fully saturated rings. The Morgan fingerprint density at radius 2 is 1.69 bits per heavy atom. The maximum absolute atomic E-state index is 11.2. The number of phosphoric acid groups is 1. The van der Waals surface area contributed by atoms with Crippen LogP contribution in [0.2, 0.25) is 0 Å². The topological polar surface area (TPSA) is 165 Å². The lowest BCUT2D eigenvalue weighted by molar-refractivity contribution is -0.143. The van der Waals surface area contributed by atoms with Crippen molar-refractivity contribution in [1.29, 1.82) is 0 Å². The van der Waals surface area contributed by atoms with Crippen LogP contribution >= 0.6 is 7.82 Å². The number of rotatable bonds is 7. The molecule has 0 unspecified atom stereocenters. The van der Waals surface area contributed by atoms with Gasteiger partial charge in [0.1, 0.15) is 12.2 Å². The Bertz CT molecular complexity index is 273. The van der Waals surface area contributed by atoms with Gasteiger partial charge in [-0.3, -0.25) is 9.32 Å². The molecule has 0 aliphatic carbocycles. The van der Waals surface area contributed by atoms with E-state index in [1.54, 1.807) is 0 Å². The molecule has 9 nitrogen and oxygen atoms in total. The molecule has 0 spiro atoms. The molecular formula is C6H13O9P. The summed E-state index contributed by atoms with van der Waals surface area (Å²) in [5, 5.41) is 34.9. The molecule has 6 N–H and O–H groups in total. The van der Waals surface area contributed by atoms with Crippen molar-refractivity contribution in [3.8, 4) is 0 Å².